The van der Waals surface area contributed by atoms with E-state index in [-0.39, 0.29) is 12.2 Å². The summed E-state index contributed by atoms with van der Waals surface area (Å²) in [6.45, 7) is 1.57. The van der Waals surface area contributed by atoms with E-state index in [4.69, 9.17) is 0 Å². The van der Waals surface area contributed by atoms with Crippen LogP contribution in [0.1, 0.15) is 17.5 Å². The van der Waals surface area contributed by atoms with Crippen LogP contribution in [0.4, 0.5) is 5.69 Å². The Labute approximate surface area is 118 Å². The van der Waals surface area contributed by atoms with Gasteiger partial charge in [0.1, 0.15) is 0 Å². The zero-order valence-corrected chi connectivity index (χ0v) is 12.1. The van der Waals surface area contributed by atoms with Gasteiger partial charge in [-0.05, 0) is 30.2 Å². The number of sulfonamides is 1. The Hall–Kier alpha value is -1.60. The number of esters is 1. The number of nitrogens with one attached hydrogen (secondary N) is 2. The highest BCUT2D eigenvalue weighted by atomic mass is 32.2. The molecular weight excluding hydrogens is 280 g/mol. The monoisotopic (exact) mass is 298 g/mol. The van der Waals surface area contributed by atoms with Gasteiger partial charge in [-0.2, -0.15) is 0 Å². The summed E-state index contributed by atoms with van der Waals surface area (Å²) in [5.74, 6) is -0.809. The van der Waals surface area contributed by atoms with Crippen molar-refractivity contribution in [1.29, 1.82) is 0 Å². The summed E-state index contributed by atoms with van der Waals surface area (Å²) < 4.78 is 31.0. The van der Waals surface area contributed by atoms with E-state index in [9.17, 15) is 13.2 Å². The summed E-state index contributed by atoms with van der Waals surface area (Å²) in [5, 5.41) is 3.24. The number of carbonyl (C=O) groups is 1. The van der Waals surface area contributed by atoms with E-state index in [0.717, 1.165) is 30.6 Å². The van der Waals surface area contributed by atoms with Crippen molar-refractivity contribution in [2.45, 2.75) is 19.4 Å². The third-order valence-corrected chi connectivity index (χ3v) is 4.48. The molecule has 0 saturated heterocycles. The summed E-state index contributed by atoms with van der Waals surface area (Å²) in [5.41, 5.74) is 2.73. The molecule has 0 atom stereocenters. The van der Waals surface area contributed by atoms with Gasteiger partial charge in [-0.3, -0.25) is 9.52 Å². The molecule has 0 aliphatic carbocycles. The lowest BCUT2D eigenvalue weighted by molar-refractivity contribution is -0.140. The minimum atomic E-state index is -3.54. The predicted molar refractivity (Wildman–Crippen MR) is 75.9 cm³/mol. The number of ether oxygens (including phenoxy) is 1. The van der Waals surface area contributed by atoms with E-state index in [0.29, 0.717) is 5.69 Å². The molecule has 1 aromatic rings. The number of carbonyl (C=O) groups excluding carboxylic acids is 1. The molecule has 0 spiro atoms. The van der Waals surface area contributed by atoms with Crippen LogP contribution in [0, 0.1) is 0 Å². The lowest BCUT2D eigenvalue weighted by atomic mass is 9.99. The summed E-state index contributed by atoms with van der Waals surface area (Å²) in [4.78, 5) is 11.0. The van der Waals surface area contributed by atoms with Gasteiger partial charge in [0.2, 0.25) is 10.0 Å². The van der Waals surface area contributed by atoms with E-state index in [1.165, 1.54) is 7.11 Å². The average molecular weight is 298 g/mol. The lowest BCUT2D eigenvalue weighted by Gasteiger charge is -2.20. The number of hydrogen-bond acceptors (Lipinski definition) is 5. The largest absolute Gasteiger partial charge is 0.469 e. The second kappa shape index (κ2) is 6.23. The molecule has 2 rings (SSSR count). The van der Waals surface area contributed by atoms with Crippen LogP contribution in [-0.4, -0.2) is 33.8 Å². The van der Waals surface area contributed by atoms with Crippen molar-refractivity contribution in [3.8, 4) is 0 Å². The molecule has 20 heavy (non-hydrogen) atoms. The van der Waals surface area contributed by atoms with Crippen LogP contribution in [0.15, 0.2) is 18.2 Å². The SMILES string of the molecule is COC(=O)CCS(=O)(=O)Nc1cccc2c1CCNC2. The number of fused-ring (bicyclic) bond motifs is 1. The Morgan fingerprint density at radius 3 is 3.00 bits per heavy atom. The fourth-order valence-electron chi connectivity index (χ4n) is 2.17. The highest BCUT2D eigenvalue weighted by molar-refractivity contribution is 7.92. The van der Waals surface area contributed by atoms with Crippen molar-refractivity contribution in [3.63, 3.8) is 0 Å². The fraction of sp³-hybridized carbons (Fsp3) is 0.462. The van der Waals surface area contributed by atoms with Crippen LogP contribution in [0.2, 0.25) is 0 Å². The quantitative estimate of drug-likeness (QED) is 0.779. The minimum Gasteiger partial charge on any atom is -0.469 e. The molecule has 0 bridgehead atoms. The Balaban J connectivity index is 2.11. The van der Waals surface area contributed by atoms with Gasteiger partial charge < -0.3 is 10.1 Å². The van der Waals surface area contributed by atoms with Crippen LogP contribution in [0.5, 0.6) is 0 Å². The smallest absolute Gasteiger partial charge is 0.306 e. The van der Waals surface area contributed by atoms with Gasteiger partial charge in [0, 0.05) is 6.54 Å². The molecule has 0 saturated carbocycles. The molecule has 1 heterocycles. The molecule has 2 N–H and O–H groups in total. The van der Waals surface area contributed by atoms with E-state index >= 15 is 0 Å². The predicted octanol–water partition coefficient (Wildman–Crippen LogP) is 0.637. The Morgan fingerprint density at radius 2 is 2.25 bits per heavy atom. The van der Waals surface area contributed by atoms with Crippen LogP contribution >= 0.6 is 0 Å². The molecule has 6 nitrogen and oxygen atoms in total. The third-order valence-electron chi connectivity index (χ3n) is 3.21. The van der Waals surface area contributed by atoms with Crippen molar-refractivity contribution in [1.82, 2.24) is 5.32 Å². The molecule has 0 fully saturated rings. The van der Waals surface area contributed by atoms with Gasteiger partial charge in [0.25, 0.3) is 0 Å². The molecule has 0 aromatic heterocycles. The average Bonchev–Trinajstić information content (AvgIpc) is 2.45. The first-order valence-corrected chi connectivity index (χ1v) is 8.06. The van der Waals surface area contributed by atoms with Crippen LogP contribution in [0.25, 0.3) is 0 Å². The van der Waals surface area contributed by atoms with Crippen molar-refractivity contribution < 1.29 is 17.9 Å². The lowest BCUT2D eigenvalue weighted by Crippen LogP contribution is -2.26. The summed E-state index contributed by atoms with van der Waals surface area (Å²) in [7, 11) is -2.31. The van der Waals surface area contributed by atoms with Crippen molar-refractivity contribution in [3.05, 3.63) is 29.3 Å². The number of anilines is 1. The number of benzene rings is 1. The Bertz CT molecular complexity index is 598. The summed E-state index contributed by atoms with van der Waals surface area (Å²) in [6, 6.07) is 5.55. The standard InChI is InChI=1S/C13H18N2O4S/c1-19-13(16)6-8-20(17,18)15-12-4-2-3-10-9-14-7-5-11(10)12/h2-4,14-15H,5-9H2,1H3. The van der Waals surface area contributed by atoms with Gasteiger partial charge in [-0.25, -0.2) is 8.42 Å². The van der Waals surface area contributed by atoms with Crippen molar-refractivity contribution in [2.75, 3.05) is 24.1 Å². The minimum absolute atomic E-state index is 0.150. The molecule has 1 aliphatic rings. The van der Waals surface area contributed by atoms with E-state index in [1.54, 1.807) is 6.07 Å². The molecular formula is C13H18N2O4S. The number of hydrogen-bond donors (Lipinski definition) is 2. The first-order chi connectivity index (χ1) is 9.52. The van der Waals surface area contributed by atoms with Crippen LogP contribution in [0.3, 0.4) is 0 Å². The van der Waals surface area contributed by atoms with E-state index in [2.05, 4.69) is 14.8 Å². The van der Waals surface area contributed by atoms with E-state index < -0.39 is 16.0 Å². The highest BCUT2D eigenvalue weighted by Gasteiger charge is 2.18. The molecule has 1 aromatic carbocycles. The maximum atomic E-state index is 12.0. The van der Waals surface area contributed by atoms with Gasteiger partial charge in [-0.15, -0.1) is 0 Å². The Morgan fingerprint density at radius 1 is 1.45 bits per heavy atom. The van der Waals surface area contributed by atoms with Crippen LogP contribution in [-0.2, 0) is 32.5 Å². The number of methoxy groups -OCH3 is 1. The Kier molecular flexibility index (Phi) is 4.61. The normalized spacial score (nSPS) is 14.4. The third kappa shape index (κ3) is 3.71. The van der Waals surface area contributed by atoms with Crippen molar-refractivity contribution >= 4 is 21.7 Å². The highest BCUT2D eigenvalue weighted by Crippen LogP contribution is 2.24. The topological polar surface area (TPSA) is 84.5 Å². The van der Waals surface area contributed by atoms with Gasteiger partial charge in [0.15, 0.2) is 0 Å². The van der Waals surface area contributed by atoms with Gasteiger partial charge >= 0.3 is 5.97 Å². The second-order valence-electron chi connectivity index (χ2n) is 4.62. The zero-order valence-electron chi connectivity index (χ0n) is 11.3. The summed E-state index contributed by atoms with van der Waals surface area (Å²) >= 11 is 0. The molecule has 0 amide bonds. The van der Waals surface area contributed by atoms with Gasteiger partial charge in [-0.1, -0.05) is 12.1 Å². The molecule has 1 aliphatic heterocycles. The van der Waals surface area contributed by atoms with E-state index in [1.807, 2.05) is 12.1 Å². The van der Waals surface area contributed by atoms with Crippen molar-refractivity contribution in [2.24, 2.45) is 0 Å². The molecule has 0 radical (unpaired) electrons. The van der Waals surface area contributed by atoms with Crippen LogP contribution < -0.4 is 10.0 Å². The molecule has 110 valence electrons. The molecule has 7 heteroatoms. The second-order valence-corrected chi connectivity index (χ2v) is 6.46. The molecule has 0 unspecified atom stereocenters. The fourth-order valence-corrected chi connectivity index (χ4v) is 3.23. The maximum absolute atomic E-state index is 12.0. The first kappa shape index (κ1) is 14.8. The number of rotatable bonds is 5. The van der Waals surface area contributed by atoms with Gasteiger partial charge in [0.05, 0.1) is 25.0 Å². The zero-order chi connectivity index (χ0) is 14.6. The maximum Gasteiger partial charge on any atom is 0.306 e. The summed E-state index contributed by atoms with van der Waals surface area (Å²) in [6.07, 6.45) is 0.632. The first-order valence-electron chi connectivity index (χ1n) is 6.40.